The molecule has 148 valence electrons. The lowest BCUT2D eigenvalue weighted by Gasteiger charge is -2.15. The van der Waals surface area contributed by atoms with Crippen molar-refractivity contribution in [3.63, 3.8) is 0 Å². The number of anilines is 3. The predicted octanol–water partition coefficient (Wildman–Crippen LogP) is 3.38. The number of hydrazine groups is 1. The third-order valence-corrected chi connectivity index (χ3v) is 3.38. The van der Waals surface area contributed by atoms with E-state index in [1.807, 2.05) is 0 Å². The van der Waals surface area contributed by atoms with Crippen LogP contribution in [0, 0.1) is 0 Å². The third-order valence-electron chi connectivity index (χ3n) is 3.38. The Morgan fingerprint density at radius 3 is 1.89 bits per heavy atom. The number of amides is 3. The quantitative estimate of drug-likeness (QED) is 0.584. The minimum absolute atomic E-state index is 0.00647. The summed E-state index contributed by atoms with van der Waals surface area (Å²) in [5.74, 6) is -1.57. The minimum atomic E-state index is -4.60. The van der Waals surface area contributed by atoms with Crippen LogP contribution in [0.4, 0.5) is 30.2 Å². The molecule has 4 N–H and O–H groups in total. The first-order valence-electron chi connectivity index (χ1n) is 7.99. The van der Waals surface area contributed by atoms with Crippen LogP contribution in [-0.2, 0) is 15.8 Å². The number of carbonyl (C=O) groups excluding carboxylic acids is 3. The maximum Gasteiger partial charge on any atom is 0.418 e. The summed E-state index contributed by atoms with van der Waals surface area (Å²) >= 11 is 0. The molecule has 0 fully saturated rings. The van der Waals surface area contributed by atoms with Gasteiger partial charge in [0.25, 0.3) is 5.91 Å². The fraction of sp³-hybridized carbons (Fsp3) is 0.167. The maximum absolute atomic E-state index is 13.0. The smallest absolute Gasteiger partial charge is 0.326 e. The average molecular weight is 394 g/mol. The van der Waals surface area contributed by atoms with Crippen LogP contribution in [0.3, 0.4) is 0 Å². The second kappa shape index (κ2) is 8.42. The van der Waals surface area contributed by atoms with E-state index in [4.69, 9.17) is 0 Å². The number of hydrogen-bond donors (Lipinski definition) is 4. The van der Waals surface area contributed by atoms with Gasteiger partial charge in [-0.25, -0.2) is 0 Å². The molecule has 0 atom stereocenters. The van der Waals surface area contributed by atoms with Crippen molar-refractivity contribution in [3.8, 4) is 0 Å². The van der Waals surface area contributed by atoms with E-state index in [1.165, 1.54) is 50.2 Å². The Morgan fingerprint density at radius 2 is 1.39 bits per heavy atom. The van der Waals surface area contributed by atoms with Crippen molar-refractivity contribution < 1.29 is 27.6 Å². The predicted molar refractivity (Wildman–Crippen MR) is 97.6 cm³/mol. The van der Waals surface area contributed by atoms with Gasteiger partial charge >= 0.3 is 6.18 Å². The summed E-state index contributed by atoms with van der Waals surface area (Å²) in [4.78, 5) is 34.9. The zero-order valence-electron chi connectivity index (χ0n) is 14.9. The van der Waals surface area contributed by atoms with E-state index in [-0.39, 0.29) is 22.6 Å². The maximum atomic E-state index is 13.0. The van der Waals surface area contributed by atoms with Gasteiger partial charge in [0.1, 0.15) is 0 Å². The zero-order valence-corrected chi connectivity index (χ0v) is 14.9. The van der Waals surface area contributed by atoms with Gasteiger partial charge in [0.05, 0.1) is 11.3 Å². The highest BCUT2D eigenvalue weighted by Crippen LogP contribution is 2.34. The zero-order chi connectivity index (χ0) is 20.9. The molecule has 0 spiro atoms. The van der Waals surface area contributed by atoms with Gasteiger partial charge in [-0.15, -0.1) is 0 Å². The average Bonchev–Trinajstić information content (AvgIpc) is 2.57. The summed E-state index contributed by atoms with van der Waals surface area (Å²) in [5, 5.41) is 4.95. The molecule has 0 unspecified atom stereocenters. The Kier molecular flexibility index (Phi) is 6.24. The van der Waals surface area contributed by atoms with E-state index < -0.39 is 29.5 Å². The number of rotatable bonds is 5. The summed E-state index contributed by atoms with van der Waals surface area (Å²) in [6.45, 7) is 2.53. The molecule has 0 aromatic heterocycles. The van der Waals surface area contributed by atoms with Crippen LogP contribution in [0.2, 0.25) is 0 Å². The van der Waals surface area contributed by atoms with Crippen molar-refractivity contribution in [3.05, 3.63) is 53.6 Å². The first kappa shape index (κ1) is 20.7. The molecule has 2 aromatic carbocycles. The molecule has 0 aliphatic heterocycles. The summed E-state index contributed by atoms with van der Waals surface area (Å²) in [7, 11) is 0. The number of hydrogen-bond acceptors (Lipinski definition) is 4. The molecule has 0 aliphatic carbocycles. The molecule has 0 saturated heterocycles. The number of carbonyl (C=O) groups is 3. The molecule has 7 nitrogen and oxygen atoms in total. The van der Waals surface area contributed by atoms with Crippen LogP contribution in [0.1, 0.15) is 29.8 Å². The Morgan fingerprint density at radius 1 is 0.857 bits per heavy atom. The monoisotopic (exact) mass is 394 g/mol. The standard InChI is InChI=1S/C18H17F3N4O3/c1-10(26)22-13-7-12(8-14(9-13)23-11(2)27)17(28)25-24-16-6-4-3-5-15(16)18(19,20)21/h3-9,24H,1-2H3,(H,22,26)(H,23,27)(H,25,28). The van der Waals surface area contributed by atoms with Gasteiger partial charge in [0, 0.05) is 30.8 Å². The molecule has 0 saturated carbocycles. The van der Waals surface area contributed by atoms with Crippen LogP contribution >= 0.6 is 0 Å². The molecule has 0 bridgehead atoms. The van der Waals surface area contributed by atoms with Gasteiger partial charge in [-0.05, 0) is 30.3 Å². The summed E-state index contributed by atoms with van der Waals surface area (Å²) in [5.41, 5.74) is 3.62. The van der Waals surface area contributed by atoms with Crippen molar-refractivity contribution in [2.24, 2.45) is 0 Å². The molecule has 0 heterocycles. The van der Waals surface area contributed by atoms with Crippen LogP contribution in [0.15, 0.2) is 42.5 Å². The fourth-order valence-corrected chi connectivity index (χ4v) is 2.35. The van der Waals surface area contributed by atoms with E-state index in [2.05, 4.69) is 21.5 Å². The van der Waals surface area contributed by atoms with Crippen LogP contribution in [0.5, 0.6) is 0 Å². The number of alkyl halides is 3. The topological polar surface area (TPSA) is 99.3 Å². The molecule has 0 aliphatic rings. The first-order chi connectivity index (χ1) is 13.1. The summed E-state index contributed by atoms with van der Waals surface area (Å²) < 4.78 is 39.0. The van der Waals surface area contributed by atoms with Crippen LogP contribution in [0.25, 0.3) is 0 Å². The lowest BCUT2D eigenvalue weighted by molar-refractivity contribution is -0.137. The van der Waals surface area contributed by atoms with Crippen LogP contribution < -0.4 is 21.5 Å². The Labute approximate surface area is 158 Å². The number of halogens is 3. The lowest BCUT2D eigenvalue weighted by Crippen LogP contribution is -2.30. The SMILES string of the molecule is CC(=O)Nc1cc(NC(C)=O)cc(C(=O)NNc2ccccc2C(F)(F)F)c1. The molecular weight excluding hydrogens is 377 g/mol. The van der Waals surface area contributed by atoms with Gasteiger partial charge < -0.3 is 10.6 Å². The minimum Gasteiger partial charge on any atom is -0.326 e. The number of benzene rings is 2. The third kappa shape index (κ3) is 5.73. The van der Waals surface area contributed by atoms with Crippen LogP contribution in [-0.4, -0.2) is 17.7 Å². The normalized spacial score (nSPS) is 10.8. The van der Waals surface area contributed by atoms with E-state index in [9.17, 15) is 27.6 Å². The Hall–Kier alpha value is -3.56. The highest BCUT2D eigenvalue weighted by atomic mass is 19.4. The summed E-state index contributed by atoms with van der Waals surface area (Å²) in [6.07, 6.45) is -4.60. The largest absolute Gasteiger partial charge is 0.418 e. The van der Waals surface area contributed by atoms with Gasteiger partial charge in [0.15, 0.2) is 0 Å². The van der Waals surface area contributed by atoms with E-state index in [0.29, 0.717) is 0 Å². The molecule has 2 rings (SSSR count). The highest BCUT2D eigenvalue weighted by Gasteiger charge is 2.33. The second-order valence-corrected chi connectivity index (χ2v) is 5.78. The van der Waals surface area contributed by atoms with E-state index in [1.54, 1.807) is 0 Å². The fourth-order valence-electron chi connectivity index (χ4n) is 2.35. The molecule has 2 aromatic rings. The molecule has 3 amide bonds. The lowest BCUT2D eigenvalue weighted by atomic mass is 10.1. The first-order valence-corrected chi connectivity index (χ1v) is 7.99. The Bertz CT molecular complexity index is 879. The van der Waals surface area contributed by atoms with Crippen molar-refractivity contribution in [1.29, 1.82) is 0 Å². The number of para-hydroxylation sites is 1. The van der Waals surface area contributed by atoms with Crippen molar-refractivity contribution in [2.45, 2.75) is 20.0 Å². The molecular formula is C18H17F3N4O3. The van der Waals surface area contributed by atoms with Gasteiger partial charge in [-0.1, -0.05) is 12.1 Å². The van der Waals surface area contributed by atoms with Gasteiger partial charge in [0.2, 0.25) is 11.8 Å². The molecule has 0 radical (unpaired) electrons. The molecule has 28 heavy (non-hydrogen) atoms. The molecule has 10 heteroatoms. The highest BCUT2D eigenvalue weighted by molar-refractivity contribution is 6.00. The van der Waals surface area contributed by atoms with Crippen molar-refractivity contribution >= 4 is 34.8 Å². The van der Waals surface area contributed by atoms with E-state index >= 15 is 0 Å². The van der Waals surface area contributed by atoms with E-state index in [0.717, 1.165) is 6.07 Å². The number of nitrogens with one attached hydrogen (secondary N) is 4. The van der Waals surface area contributed by atoms with Crippen molar-refractivity contribution in [2.75, 3.05) is 16.1 Å². The van der Waals surface area contributed by atoms with Gasteiger partial charge in [-0.3, -0.25) is 25.2 Å². The summed E-state index contributed by atoms with van der Waals surface area (Å²) in [6, 6.07) is 8.73. The Balaban J connectivity index is 2.24. The second-order valence-electron chi connectivity index (χ2n) is 5.78. The van der Waals surface area contributed by atoms with Crippen molar-refractivity contribution in [1.82, 2.24) is 5.43 Å². The van der Waals surface area contributed by atoms with Gasteiger partial charge in [-0.2, -0.15) is 13.2 Å².